The summed E-state index contributed by atoms with van der Waals surface area (Å²) in [4.78, 5) is -4.05. The van der Waals surface area contributed by atoms with Crippen LogP contribution in [0.25, 0.3) is 22.3 Å². The summed E-state index contributed by atoms with van der Waals surface area (Å²) in [5.41, 5.74) is -0.00398. The summed E-state index contributed by atoms with van der Waals surface area (Å²) in [6, 6.07) is 10.4. The Labute approximate surface area is 295 Å². The van der Waals surface area contributed by atoms with E-state index in [1.54, 1.807) is 0 Å². The molecule has 0 saturated heterocycles. The van der Waals surface area contributed by atoms with Crippen molar-refractivity contribution < 1.29 is 77.9 Å². The summed E-state index contributed by atoms with van der Waals surface area (Å²) in [7, 11) is -19.3. The van der Waals surface area contributed by atoms with Crippen LogP contribution in [0.15, 0.2) is 92.4 Å². The maximum atomic E-state index is 13.4. The van der Waals surface area contributed by atoms with Crippen molar-refractivity contribution >= 4 is 81.6 Å². The number of rotatable bonds is 6. The molecule has 14 nitrogen and oxygen atoms in total. The minimum atomic E-state index is -4.83. The molecular formula is C24H17F4NaO14S5. The topological polar surface area (TPSA) is 252 Å². The number of hydrogen-bond donors (Lipinski definition) is 4. The van der Waals surface area contributed by atoms with Gasteiger partial charge in [-0.15, -0.1) is 0 Å². The van der Waals surface area contributed by atoms with Gasteiger partial charge in [0.05, 0.1) is 0 Å². The van der Waals surface area contributed by atoms with Gasteiger partial charge in [-0.3, -0.25) is 18.2 Å². The van der Waals surface area contributed by atoms with Gasteiger partial charge in [-0.1, -0.05) is 24.3 Å². The summed E-state index contributed by atoms with van der Waals surface area (Å²) in [6.07, 6.45) is 0. The third kappa shape index (κ3) is 11.6. The van der Waals surface area contributed by atoms with Crippen LogP contribution in [0.1, 0.15) is 0 Å². The molecular weight excluding hydrogens is 772 g/mol. The zero-order chi connectivity index (χ0) is 36.1. The van der Waals surface area contributed by atoms with Crippen molar-refractivity contribution in [3.8, 4) is 22.3 Å². The van der Waals surface area contributed by atoms with Crippen molar-refractivity contribution in [2.24, 2.45) is 0 Å². The molecule has 0 atom stereocenters. The van der Waals surface area contributed by atoms with Crippen LogP contribution >= 0.6 is 0 Å². The standard InChI is InChI=1S/2C12H8F2O6S2.Na.O2S.H/c2*13-9-3-1-7(5-11(9)21(15,16)17)8-2-4-10(14)12(6-8)22(18,19)20;;1-3-2;/h2*1-6H,(H,15,16,17)(H,18,19,20);;;. The van der Waals surface area contributed by atoms with Gasteiger partial charge in [-0.25, -0.2) is 17.6 Å². The van der Waals surface area contributed by atoms with Gasteiger partial charge in [0.15, 0.2) is 0 Å². The Bertz CT molecular complexity index is 2010. The second kappa shape index (κ2) is 16.6. The molecule has 0 saturated carbocycles. The van der Waals surface area contributed by atoms with Crippen molar-refractivity contribution in [2.45, 2.75) is 19.6 Å². The first-order valence-corrected chi connectivity index (χ1v) is 17.8. The molecule has 4 rings (SSSR count). The fourth-order valence-corrected chi connectivity index (χ4v) is 5.88. The van der Waals surface area contributed by atoms with Gasteiger partial charge in [0.2, 0.25) is 0 Å². The van der Waals surface area contributed by atoms with E-state index >= 15 is 0 Å². The minimum absolute atomic E-state index is 0. The van der Waals surface area contributed by atoms with Crippen molar-refractivity contribution in [1.29, 1.82) is 0 Å². The summed E-state index contributed by atoms with van der Waals surface area (Å²) in [5, 5.41) is 0. The summed E-state index contributed by atoms with van der Waals surface area (Å²) >= 11 is -0.750. The van der Waals surface area contributed by atoms with Gasteiger partial charge in [0, 0.05) is 0 Å². The maximum absolute atomic E-state index is 13.4. The molecule has 256 valence electrons. The first-order chi connectivity index (χ1) is 21.4. The van der Waals surface area contributed by atoms with Crippen molar-refractivity contribution in [3.05, 3.63) is 96.1 Å². The van der Waals surface area contributed by atoms with Gasteiger partial charge >= 0.3 is 41.1 Å². The van der Waals surface area contributed by atoms with E-state index in [1.165, 1.54) is 0 Å². The zero-order valence-electron chi connectivity index (χ0n) is 22.4. The van der Waals surface area contributed by atoms with Crippen LogP contribution in [0, 0.1) is 23.3 Å². The Morgan fingerprint density at radius 1 is 0.396 bits per heavy atom. The molecule has 4 aromatic rings. The quantitative estimate of drug-likeness (QED) is 0.125. The van der Waals surface area contributed by atoms with E-state index in [2.05, 4.69) is 0 Å². The second-order valence-electron chi connectivity index (χ2n) is 8.55. The molecule has 0 radical (unpaired) electrons. The van der Waals surface area contributed by atoms with Crippen LogP contribution in [0.5, 0.6) is 0 Å². The second-order valence-corrected chi connectivity index (χ2v) is 14.2. The van der Waals surface area contributed by atoms with Gasteiger partial charge in [0.25, 0.3) is 40.5 Å². The Hall–Kier alpha value is -2.94. The van der Waals surface area contributed by atoms with Crippen LogP contribution in [0.4, 0.5) is 17.6 Å². The van der Waals surface area contributed by atoms with Crippen LogP contribution < -0.4 is 0 Å². The molecule has 4 N–H and O–H groups in total. The number of halogens is 4. The Balaban J connectivity index is 0.000000435. The number of benzene rings is 4. The van der Waals surface area contributed by atoms with E-state index in [1.807, 2.05) is 0 Å². The molecule has 0 amide bonds. The third-order valence-corrected chi connectivity index (χ3v) is 8.98. The van der Waals surface area contributed by atoms with Crippen LogP contribution in [-0.2, 0) is 52.0 Å². The van der Waals surface area contributed by atoms with Crippen molar-refractivity contribution in [2.75, 3.05) is 0 Å². The average molecular weight is 789 g/mol. The number of hydrogen-bond acceptors (Lipinski definition) is 10. The van der Waals surface area contributed by atoms with Gasteiger partial charge in [-0.05, 0) is 70.8 Å². The third-order valence-electron chi connectivity index (χ3n) is 5.50. The summed E-state index contributed by atoms with van der Waals surface area (Å²) in [5.74, 6) is -4.82. The van der Waals surface area contributed by atoms with E-state index in [-0.39, 0.29) is 51.8 Å². The van der Waals surface area contributed by atoms with E-state index in [9.17, 15) is 51.2 Å². The molecule has 0 aliphatic carbocycles. The van der Waals surface area contributed by atoms with E-state index in [4.69, 9.17) is 26.6 Å². The van der Waals surface area contributed by atoms with Gasteiger partial charge in [0.1, 0.15) is 42.9 Å². The van der Waals surface area contributed by atoms with Crippen molar-refractivity contribution in [1.82, 2.24) is 0 Å². The Morgan fingerprint density at radius 3 is 0.667 bits per heavy atom. The van der Waals surface area contributed by atoms with Crippen LogP contribution in [0.2, 0.25) is 0 Å². The molecule has 0 spiro atoms. The Kier molecular flexibility index (Phi) is 14.9. The fraction of sp³-hybridized carbons (Fsp3) is 0. The van der Waals surface area contributed by atoms with Crippen LogP contribution in [0.3, 0.4) is 0 Å². The molecule has 0 bridgehead atoms. The molecule has 0 fully saturated rings. The van der Waals surface area contributed by atoms with Crippen molar-refractivity contribution in [3.63, 3.8) is 0 Å². The predicted molar refractivity (Wildman–Crippen MR) is 159 cm³/mol. The molecule has 0 heterocycles. The molecule has 0 aliphatic heterocycles. The van der Waals surface area contributed by atoms with E-state index < -0.39 is 94.9 Å². The molecule has 0 unspecified atom stereocenters. The summed E-state index contributed by atoms with van der Waals surface area (Å²) in [6.45, 7) is 0. The SMILES string of the molecule is O=S(=O)(O)c1cc(-c2ccc(F)c(S(=O)(=O)O)c2)ccc1F.O=S(=O)(O)c1cc(-c2ccc(F)c(S(=O)(=O)O)c2)ccc1F.O=S=O.[NaH]. The predicted octanol–water partition coefficient (Wildman–Crippen LogP) is 2.93. The zero-order valence-corrected chi connectivity index (χ0v) is 26.4. The van der Waals surface area contributed by atoms with E-state index in [0.29, 0.717) is 0 Å². The first kappa shape index (κ1) is 43.1. The van der Waals surface area contributed by atoms with Gasteiger partial charge in [-0.2, -0.15) is 42.1 Å². The molecule has 0 aromatic heterocycles. The Morgan fingerprint density at radius 2 is 0.542 bits per heavy atom. The van der Waals surface area contributed by atoms with E-state index in [0.717, 1.165) is 72.8 Å². The fourth-order valence-electron chi connectivity index (χ4n) is 3.52. The van der Waals surface area contributed by atoms with Gasteiger partial charge < -0.3 is 0 Å². The van der Waals surface area contributed by atoms with Crippen LogP contribution in [-0.4, -0.2) is 89.9 Å². The monoisotopic (exact) mass is 788 g/mol. The molecule has 0 aliphatic rings. The molecule has 4 aromatic carbocycles. The first-order valence-electron chi connectivity index (χ1n) is 11.4. The average Bonchev–Trinajstić information content (AvgIpc) is 2.92. The normalized spacial score (nSPS) is 11.6. The summed E-state index contributed by atoms with van der Waals surface area (Å²) < 4.78 is 194. The molecule has 48 heavy (non-hydrogen) atoms. The molecule has 24 heteroatoms.